The molecule has 2 N–H and O–H groups in total. The van der Waals surface area contributed by atoms with E-state index in [0.717, 1.165) is 27.6 Å². The molecule has 0 saturated heterocycles. The second kappa shape index (κ2) is 11.6. The van der Waals surface area contributed by atoms with Crippen LogP contribution in [0.5, 0.6) is 17.2 Å². The summed E-state index contributed by atoms with van der Waals surface area (Å²) in [6, 6.07) is 27.3. The first-order valence-corrected chi connectivity index (χ1v) is 12.5. The average molecular weight is 534 g/mol. The van der Waals surface area contributed by atoms with Gasteiger partial charge in [0.2, 0.25) is 0 Å². The number of hydrogen-bond acceptors (Lipinski definition) is 6. The molecular weight excluding hydrogens is 506 g/mol. The van der Waals surface area contributed by atoms with Crippen LogP contribution in [-0.2, 0) is 0 Å². The van der Waals surface area contributed by atoms with Gasteiger partial charge in [-0.25, -0.2) is 10.2 Å². The molecule has 1 heterocycles. The summed E-state index contributed by atoms with van der Waals surface area (Å²) in [6.45, 7) is 2.00. The fourth-order valence-corrected chi connectivity index (χ4v) is 4.40. The minimum Gasteiger partial charge on any atom is -0.497 e. The fraction of sp³-hybridized carbons (Fsp3) is 0.0938. The molecule has 1 aromatic heterocycles. The molecule has 200 valence electrons. The number of carbonyl (C=O) groups is 2. The van der Waals surface area contributed by atoms with Crippen molar-refractivity contribution in [2.45, 2.75) is 6.92 Å². The third kappa shape index (κ3) is 5.42. The molecule has 0 fully saturated rings. The summed E-state index contributed by atoms with van der Waals surface area (Å²) < 4.78 is 16.1. The number of aryl methyl sites for hydroxylation is 1. The van der Waals surface area contributed by atoms with Gasteiger partial charge in [0.1, 0.15) is 11.4 Å². The number of esters is 1. The van der Waals surface area contributed by atoms with Gasteiger partial charge in [-0.1, -0.05) is 48.5 Å². The van der Waals surface area contributed by atoms with Gasteiger partial charge >= 0.3 is 5.97 Å². The van der Waals surface area contributed by atoms with Crippen LogP contribution in [0.1, 0.15) is 32.0 Å². The molecule has 40 heavy (non-hydrogen) atoms. The van der Waals surface area contributed by atoms with Crippen molar-refractivity contribution in [3.8, 4) is 28.4 Å². The number of aromatic amines is 1. The minimum absolute atomic E-state index is 0.255. The number of rotatable bonds is 8. The summed E-state index contributed by atoms with van der Waals surface area (Å²) in [6.07, 6.45) is 1.49. The maximum atomic E-state index is 13.2. The van der Waals surface area contributed by atoms with Gasteiger partial charge in [0, 0.05) is 16.5 Å². The van der Waals surface area contributed by atoms with Crippen LogP contribution in [0.3, 0.4) is 0 Å². The van der Waals surface area contributed by atoms with Gasteiger partial charge in [-0.05, 0) is 66.1 Å². The van der Waals surface area contributed by atoms with Crippen molar-refractivity contribution in [3.63, 3.8) is 0 Å². The zero-order valence-electron chi connectivity index (χ0n) is 22.2. The molecule has 0 spiro atoms. The molecule has 0 aliphatic rings. The lowest BCUT2D eigenvalue weighted by Gasteiger charge is -2.10. The number of nitrogens with zero attached hydrogens (tertiary/aromatic N) is 1. The zero-order valence-corrected chi connectivity index (χ0v) is 22.2. The average Bonchev–Trinajstić information content (AvgIpc) is 3.39. The number of para-hydroxylation sites is 1. The monoisotopic (exact) mass is 533 g/mol. The van der Waals surface area contributed by atoms with E-state index in [1.54, 1.807) is 49.6 Å². The van der Waals surface area contributed by atoms with Crippen LogP contribution < -0.4 is 19.6 Å². The summed E-state index contributed by atoms with van der Waals surface area (Å²) in [5.41, 5.74) is 7.73. The Labute approximate surface area is 231 Å². The Balaban J connectivity index is 1.33. The van der Waals surface area contributed by atoms with E-state index in [0.29, 0.717) is 28.3 Å². The van der Waals surface area contributed by atoms with Crippen molar-refractivity contribution < 1.29 is 23.8 Å². The number of ether oxygens (including phenoxy) is 3. The lowest BCUT2D eigenvalue weighted by molar-refractivity contribution is 0.0729. The molecule has 0 radical (unpaired) electrons. The number of hydrazone groups is 1. The first-order valence-electron chi connectivity index (χ1n) is 12.5. The quantitative estimate of drug-likeness (QED) is 0.108. The third-order valence-corrected chi connectivity index (χ3v) is 6.43. The molecule has 8 heteroatoms. The third-order valence-electron chi connectivity index (χ3n) is 6.43. The number of aromatic nitrogens is 1. The van der Waals surface area contributed by atoms with E-state index in [-0.39, 0.29) is 11.7 Å². The second-order valence-electron chi connectivity index (χ2n) is 8.97. The van der Waals surface area contributed by atoms with Crippen LogP contribution in [-0.4, -0.2) is 37.3 Å². The van der Waals surface area contributed by atoms with Gasteiger partial charge in [-0.2, -0.15) is 5.10 Å². The van der Waals surface area contributed by atoms with E-state index in [2.05, 4.69) is 15.5 Å². The summed E-state index contributed by atoms with van der Waals surface area (Å²) in [5.74, 6) is 0.334. The topological polar surface area (TPSA) is 102 Å². The van der Waals surface area contributed by atoms with Crippen LogP contribution in [0, 0.1) is 6.92 Å². The van der Waals surface area contributed by atoms with E-state index in [9.17, 15) is 9.59 Å². The van der Waals surface area contributed by atoms with E-state index < -0.39 is 5.97 Å². The molecule has 0 bridgehead atoms. The summed E-state index contributed by atoms with van der Waals surface area (Å²) in [4.78, 5) is 29.1. The molecule has 0 atom stereocenters. The number of methoxy groups -OCH3 is 2. The van der Waals surface area contributed by atoms with Gasteiger partial charge < -0.3 is 19.2 Å². The van der Waals surface area contributed by atoms with Crippen molar-refractivity contribution in [1.82, 2.24) is 10.4 Å². The molecule has 0 saturated carbocycles. The first kappa shape index (κ1) is 26.2. The fourth-order valence-electron chi connectivity index (χ4n) is 4.40. The van der Waals surface area contributed by atoms with Crippen molar-refractivity contribution in [3.05, 3.63) is 113 Å². The smallest absolute Gasteiger partial charge is 0.343 e. The zero-order chi connectivity index (χ0) is 28.1. The molecule has 8 nitrogen and oxygen atoms in total. The van der Waals surface area contributed by atoms with Crippen LogP contribution >= 0.6 is 0 Å². The molecular formula is C32H27N3O5. The summed E-state index contributed by atoms with van der Waals surface area (Å²) in [7, 11) is 3.03. The maximum absolute atomic E-state index is 13.2. The minimum atomic E-state index is -0.530. The predicted octanol–water partition coefficient (Wildman–Crippen LogP) is 6.14. The first-order chi connectivity index (χ1) is 19.5. The van der Waals surface area contributed by atoms with Gasteiger partial charge in [-0.15, -0.1) is 0 Å². The Hall–Kier alpha value is -5.37. The number of hydrogen-bond donors (Lipinski definition) is 2. The Morgan fingerprint density at radius 1 is 0.850 bits per heavy atom. The largest absolute Gasteiger partial charge is 0.497 e. The van der Waals surface area contributed by atoms with Crippen molar-refractivity contribution in [2.75, 3.05) is 14.2 Å². The van der Waals surface area contributed by atoms with E-state index in [4.69, 9.17) is 14.2 Å². The highest BCUT2D eigenvalue weighted by Gasteiger charge is 2.20. The number of benzene rings is 4. The van der Waals surface area contributed by atoms with Gasteiger partial charge in [0.05, 0.1) is 26.0 Å². The van der Waals surface area contributed by atoms with E-state index >= 15 is 0 Å². The highest BCUT2D eigenvalue weighted by Crippen LogP contribution is 2.34. The molecule has 5 aromatic rings. The molecule has 4 aromatic carbocycles. The number of carbonyl (C=O) groups excluding carboxylic acids is 2. The Morgan fingerprint density at radius 3 is 2.35 bits per heavy atom. The number of amides is 1. The van der Waals surface area contributed by atoms with Gasteiger partial charge in [0.15, 0.2) is 11.5 Å². The molecule has 0 aliphatic carbocycles. The number of nitrogens with one attached hydrogen (secondary N) is 2. The summed E-state index contributed by atoms with van der Waals surface area (Å²) >= 11 is 0. The van der Waals surface area contributed by atoms with Crippen LogP contribution in [0.4, 0.5) is 0 Å². The van der Waals surface area contributed by atoms with E-state index in [1.807, 2.05) is 55.5 Å². The lowest BCUT2D eigenvalue weighted by Crippen LogP contribution is -2.18. The highest BCUT2D eigenvalue weighted by molar-refractivity contribution is 6.10. The van der Waals surface area contributed by atoms with Crippen molar-refractivity contribution in [2.24, 2.45) is 5.10 Å². The maximum Gasteiger partial charge on any atom is 0.343 e. The Bertz CT molecular complexity index is 1710. The Kier molecular flexibility index (Phi) is 7.59. The van der Waals surface area contributed by atoms with Crippen molar-refractivity contribution in [1.29, 1.82) is 0 Å². The second-order valence-corrected chi connectivity index (χ2v) is 8.97. The van der Waals surface area contributed by atoms with Crippen molar-refractivity contribution >= 4 is 29.0 Å². The van der Waals surface area contributed by atoms with Gasteiger partial charge in [0.25, 0.3) is 5.91 Å². The highest BCUT2D eigenvalue weighted by atomic mass is 16.6. The van der Waals surface area contributed by atoms with Crippen LogP contribution in [0.2, 0.25) is 0 Å². The lowest BCUT2D eigenvalue weighted by atomic mass is 10.0. The SMILES string of the molecule is COc1ccc(C(=O)Oc2ccc(C=NNC(=O)c3[nH]c4c(C)cccc4c3-c3ccccc3)cc2OC)cc1. The normalized spacial score (nSPS) is 11.0. The molecule has 0 aliphatic heterocycles. The summed E-state index contributed by atoms with van der Waals surface area (Å²) in [5, 5.41) is 5.12. The predicted molar refractivity (Wildman–Crippen MR) is 154 cm³/mol. The molecule has 1 amide bonds. The number of fused-ring (bicyclic) bond motifs is 1. The number of H-pyrrole nitrogens is 1. The molecule has 0 unspecified atom stereocenters. The van der Waals surface area contributed by atoms with Crippen LogP contribution in [0.25, 0.3) is 22.0 Å². The van der Waals surface area contributed by atoms with E-state index in [1.165, 1.54) is 13.3 Å². The molecule has 5 rings (SSSR count). The van der Waals surface area contributed by atoms with Crippen LogP contribution in [0.15, 0.2) is 96.1 Å². The standard InChI is InChI=1S/C32H27N3O5/c1-20-8-7-11-25-28(22-9-5-4-6-10-22)30(34-29(20)25)31(36)35-33-19-21-12-17-26(27(18-21)39-3)40-32(37)23-13-15-24(38-2)16-14-23/h4-19,34H,1-3H3,(H,35,36). The Morgan fingerprint density at radius 2 is 1.62 bits per heavy atom. The van der Waals surface area contributed by atoms with Gasteiger partial charge in [-0.3, -0.25) is 4.79 Å².